The van der Waals surface area contributed by atoms with E-state index in [2.05, 4.69) is 26.1 Å². The van der Waals surface area contributed by atoms with Crippen LogP contribution in [0.25, 0.3) is 0 Å². The fourth-order valence-electron chi connectivity index (χ4n) is 3.27. The van der Waals surface area contributed by atoms with Crippen LogP contribution in [0.4, 0.5) is 5.69 Å². The Morgan fingerprint density at radius 1 is 1.11 bits per heavy atom. The number of rotatable bonds is 6. The molecule has 0 bridgehead atoms. The van der Waals surface area contributed by atoms with E-state index in [1.165, 1.54) is 0 Å². The highest BCUT2D eigenvalue weighted by Gasteiger charge is 2.22. The molecular weight excluding hydrogens is 370 g/mol. The van der Waals surface area contributed by atoms with Crippen molar-refractivity contribution in [2.24, 2.45) is 0 Å². The number of benzene rings is 2. The van der Waals surface area contributed by atoms with E-state index >= 15 is 0 Å². The molecule has 0 aliphatic heterocycles. The van der Waals surface area contributed by atoms with E-state index in [4.69, 9.17) is 4.74 Å². The van der Waals surface area contributed by atoms with Crippen LogP contribution in [0, 0.1) is 13.8 Å². The van der Waals surface area contributed by atoms with Crippen molar-refractivity contribution in [2.45, 2.75) is 69.6 Å². The maximum absolute atomic E-state index is 13.4. The maximum atomic E-state index is 13.4. The van der Waals surface area contributed by atoms with Gasteiger partial charge in [-0.25, -0.2) is 4.21 Å². The molecule has 0 radical (unpaired) electrons. The average Bonchev–Trinajstić information content (AvgIpc) is 2.59. The van der Waals surface area contributed by atoms with Crippen molar-refractivity contribution in [3.63, 3.8) is 0 Å². The summed E-state index contributed by atoms with van der Waals surface area (Å²) in [6.07, 6.45) is 1.30. The Balaban J connectivity index is 2.43. The zero-order valence-corrected chi connectivity index (χ0v) is 18.8. The second kappa shape index (κ2) is 8.91. The molecular formula is C23H31NO3S. The molecule has 1 N–H and O–H groups in total. The summed E-state index contributed by atoms with van der Waals surface area (Å²) in [6, 6.07) is 9.51. The van der Waals surface area contributed by atoms with E-state index in [9.17, 15) is 9.00 Å². The van der Waals surface area contributed by atoms with Gasteiger partial charge in [0.05, 0.1) is 17.9 Å². The first kappa shape index (κ1) is 22.2. The normalized spacial score (nSPS) is 12.5. The predicted molar refractivity (Wildman–Crippen MR) is 116 cm³/mol. The molecule has 0 saturated carbocycles. The Hall–Kier alpha value is -2.14. The summed E-state index contributed by atoms with van der Waals surface area (Å²) in [5.41, 5.74) is 3.46. The van der Waals surface area contributed by atoms with Crippen molar-refractivity contribution >= 4 is 22.4 Å². The average molecular weight is 402 g/mol. The molecule has 152 valence electrons. The van der Waals surface area contributed by atoms with Gasteiger partial charge in [0.25, 0.3) is 0 Å². The van der Waals surface area contributed by atoms with E-state index in [1.54, 1.807) is 7.11 Å². The summed E-state index contributed by atoms with van der Waals surface area (Å²) >= 11 is 0. The van der Waals surface area contributed by atoms with Crippen molar-refractivity contribution in [2.75, 3.05) is 12.4 Å². The van der Waals surface area contributed by atoms with Crippen LogP contribution in [0.5, 0.6) is 5.75 Å². The van der Waals surface area contributed by atoms with Gasteiger partial charge in [0.1, 0.15) is 5.75 Å². The lowest BCUT2D eigenvalue weighted by molar-refractivity contribution is -0.116. The first-order valence-corrected chi connectivity index (χ1v) is 10.7. The van der Waals surface area contributed by atoms with Gasteiger partial charge in [-0.05, 0) is 67.1 Å². The molecule has 2 aromatic carbocycles. The Morgan fingerprint density at radius 3 is 2.21 bits per heavy atom. The highest BCUT2D eigenvalue weighted by atomic mass is 32.2. The number of carbonyl (C=O) groups excluding carboxylic acids is 1. The summed E-state index contributed by atoms with van der Waals surface area (Å²) in [5.74, 6) is 0.802. The molecule has 0 saturated heterocycles. The summed E-state index contributed by atoms with van der Waals surface area (Å²) in [5, 5.41) is 2.92. The van der Waals surface area contributed by atoms with Crippen LogP contribution in [0.1, 0.15) is 57.2 Å². The first-order chi connectivity index (χ1) is 13.1. The van der Waals surface area contributed by atoms with Gasteiger partial charge in [-0.1, -0.05) is 27.7 Å². The van der Waals surface area contributed by atoms with Crippen molar-refractivity contribution in [3.8, 4) is 5.75 Å². The molecule has 1 atom stereocenters. The molecule has 4 nitrogen and oxygen atoms in total. The van der Waals surface area contributed by atoms with Crippen molar-refractivity contribution < 1.29 is 13.7 Å². The monoisotopic (exact) mass is 401 g/mol. The number of amides is 1. The maximum Gasteiger partial charge on any atom is 0.224 e. The molecule has 0 spiro atoms. The minimum absolute atomic E-state index is 0.000135. The molecule has 0 heterocycles. The minimum Gasteiger partial charge on any atom is -0.496 e. The lowest BCUT2D eigenvalue weighted by atomic mass is 9.86. The van der Waals surface area contributed by atoms with Gasteiger partial charge >= 0.3 is 0 Å². The Morgan fingerprint density at radius 2 is 1.71 bits per heavy atom. The van der Waals surface area contributed by atoms with Gasteiger partial charge in [-0.15, -0.1) is 0 Å². The van der Waals surface area contributed by atoms with Gasteiger partial charge in [0, 0.05) is 27.5 Å². The zero-order chi connectivity index (χ0) is 21.1. The van der Waals surface area contributed by atoms with Crippen LogP contribution in [0.15, 0.2) is 40.1 Å². The van der Waals surface area contributed by atoms with E-state index < -0.39 is 10.8 Å². The van der Waals surface area contributed by atoms with Gasteiger partial charge < -0.3 is 10.1 Å². The zero-order valence-electron chi connectivity index (χ0n) is 17.9. The highest BCUT2D eigenvalue weighted by molar-refractivity contribution is 7.85. The van der Waals surface area contributed by atoms with Crippen LogP contribution in [0.3, 0.4) is 0 Å². The molecule has 28 heavy (non-hydrogen) atoms. The summed E-state index contributed by atoms with van der Waals surface area (Å²) < 4.78 is 18.9. The quantitative estimate of drug-likeness (QED) is 0.694. The molecule has 5 heteroatoms. The SMILES string of the molecule is CCCC(=O)Nc1cc(C)c(S(=O)c2ccc(OC)c(C(C)(C)C)c2)c(C)c1. The number of hydrogen-bond acceptors (Lipinski definition) is 3. The van der Waals surface area contributed by atoms with Crippen LogP contribution < -0.4 is 10.1 Å². The molecule has 1 unspecified atom stereocenters. The lowest BCUT2D eigenvalue weighted by Gasteiger charge is -2.23. The van der Waals surface area contributed by atoms with Crippen molar-refractivity contribution in [3.05, 3.63) is 47.0 Å². The molecule has 0 aliphatic rings. The third-order valence-electron chi connectivity index (χ3n) is 4.60. The predicted octanol–water partition coefficient (Wildman–Crippen LogP) is 5.51. The van der Waals surface area contributed by atoms with Crippen LogP contribution in [-0.2, 0) is 21.0 Å². The van der Waals surface area contributed by atoms with Crippen LogP contribution >= 0.6 is 0 Å². The number of anilines is 1. The summed E-state index contributed by atoms with van der Waals surface area (Å²) in [7, 11) is 0.336. The number of carbonyl (C=O) groups is 1. The summed E-state index contributed by atoms with van der Waals surface area (Å²) in [4.78, 5) is 13.4. The standard InChI is InChI=1S/C23H31NO3S/c1-8-9-21(25)24-17-12-15(2)22(16(3)13-17)28(26)18-10-11-20(27-7)19(14-18)23(4,5)6/h10-14H,8-9H2,1-7H3,(H,24,25). The Labute approximate surface area is 171 Å². The van der Waals surface area contributed by atoms with E-state index in [0.717, 1.165) is 44.3 Å². The molecule has 0 aliphatic carbocycles. The van der Waals surface area contributed by atoms with Crippen molar-refractivity contribution in [1.82, 2.24) is 0 Å². The molecule has 2 rings (SSSR count). The Kier molecular flexibility index (Phi) is 7.05. The smallest absolute Gasteiger partial charge is 0.224 e. The molecule has 2 aromatic rings. The van der Waals surface area contributed by atoms with Gasteiger partial charge in [0.15, 0.2) is 0 Å². The van der Waals surface area contributed by atoms with E-state index in [1.807, 2.05) is 51.1 Å². The second-order valence-corrected chi connectivity index (χ2v) is 9.54. The number of hydrogen-bond donors (Lipinski definition) is 1. The number of ether oxygens (including phenoxy) is 1. The van der Waals surface area contributed by atoms with Crippen LogP contribution in [0.2, 0.25) is 0 Å². The van der Waals surface area contributed by atoms with E-state index in [0.29, 0.717) is 6.42 Å². The largest absolute Gasteiger partial charge is 0.496 e. The third-order valence-corrected chi connectivity index (χ3v) is 6.30. The highest BCUT2D eigenvalue weighted by Crippen LogP contribution is 2.35. The van der Waals surface area contributed by atoms with E-state index in [-0.39, 0.29) is 11.3 Å². The Bertz CT molecular complexity index is 874. The number of nitrogens with one attached hydrogen (secondary N) is 1. The van der Waals surface area contributed by atoms with Gasteiger partial charge in [-0.3, -0.25) is 4.79 Å². The second-order valence-electron chi connectivity index (χ2n) is 8.12. The fraction of sp³-hybridized carbons (Fsp3) is 0.435. The van der Waals surface area contributed by atoms with Crippen molar-refractivity contribution in [1.29, 1.82) is 0 Å². The topological polar surface area (TPSA) is 55.4 Å². The minimum atomic E-state index is -1.32. The number of aryl methyl sites for hydroxylation is 2. The molecule has 1 amide bonds. The van der Waals surface area contributed by atoms with Gasteiger partial charge in [0.2, 0.25) is 5.91 Å². The molecule has 0 aromatic heterocycles. The summed E-state index contributed by atoms with van der Waals surface area (Å²) in [6.45, 7) is 12.2. The third kappa shape index (κ3) is 5.02. The first-order valence-electron chi connectivity index (χ1n) is 9.59. The fourth-order valence-corrected chi connectivity index (χ4v) is 4.63. The van der Waals surface area contributed by atoms with Gasteiger partial charge in [-0.2, -0.15) is 0 Å². The lowest BCUT2D eigenvalue weighted by Crippen LogP contribution is -2.14. The number of methoxy groups -OCH3 is 1. The molecule has 0 fully saturated rings. The van der Waals surface area contributed by atoms with Crippen LogP contribution in [-0.4, -0.2) is 17.2 Å².